The summed E-state index contributed by atoms with van der Waals surface area (Å²) in [5.74, 6) is 1.13. The van der Waals surface area contributed by atoms with Crippen LogP contribution in [0.2, 0.25) is 0 Å². The molecule has 1 amide bonds. The van der Waals surface area contributed by atoms with Crippen molar-refractivity contribution in [3.8, 4) is 5.82 Å². The van der Waals surface area contributed by atoms with E-state index < -0.39 is 0 Å². The van der Waals surface area contributed by atoms with Crippen molar-refractivity contribution in [3.63, 3.8) is 0 Å². The third-order valence-electron chi connectivity index (χ3n) is 3.52. The van der Waals surface area contributed by atoms with Gasteiger partial charge in [0.25, 0.3) is 0 Å². The monoisotopic (exact) mass is 256 g/mol. The molecule has 0 atom stereocenters. The van der Waals surface area contributed by atoms with E-state index in [1.807, 2.05) is 24.4 Å². The molecular formula is C14H16N4O. The van der Waals surface area contributed by atoms with Crippen molar-refractivity contribution in [1.29, 1.82) is 0 Å². The lowest BCUT2D eigenvalue weighted by atomic mass is 9.85. The molecule has 2 heterocycles. The normalized spacial score (nSPS) is 14.9. The summed E-state index contributed by atoms with van der Waals surface area (Å²) in [5, 5.41) is 7.16. The molecule has 0 saturated heterocycles. The maximum absolute atomic E-state index is 11.8. The maximum atomic E-state index is 11.8. The lowest BCUT2D eigenvalue weighted by Crippen LogP contribution is -2.34. The van der Waals surface area contributed by atoms with Crippen LogP contribution in [0.5, 0.6) is 0 Å². The number of hydrogen-bond donors (Lipinski definition) is 1. The third-order valence-corrected chi connectivity index (χ3v) is 3.52. The number of aromatic nitrogens is 3. The molecule has 1 saturated carbocycles. The van der Waals surface area contributed by atoms with Gasteiger partial charge in [0.2, 0.25) is 5.91 Å². The molecular weight excluding hydrogens is 240 g/mol. The summed E-state index contributed by atoms with van der Waals surface area (Å²) < 4.78 is 1.71. The second-order valence-electron chi connectivity index (χ2n) is 4.78. The van der Waals surface area contributed by atoms with Gasteiger partial charge in [-0.1, -0.05) is 12.5 Å². The Bertz CT molecular complexity index is 561. The summed E-state index contributed by atoms with van der Waals surface area (Å²) in [7, 11) is 0. The minimum Gasteiger partial charge on any atom is -0.352 e. The second kappa shape index (κ2) is 5.22. The Balaban J connectivity index is 1.72. The van der Waals surface area contributed by atoms with Crippen LogP contribution in [0.4, 0.5) is 0 Å². The number of carbonyl (C=O) groups excluding carboxylic acids is 1. The Morgan fingerprint density at radius 3 is 2.95 bits per heavy atom. The van der Waals surface area contributed by atoms with Crippen LogP contribution in [0.3, 0.4) is 0 Å². The third kappa shape index (κ3) is 2.50. The molecule has 3 rings (SSSR count). The van der Waals surface area contributed by atoms with E-state index in [1.165, 1.54) is 6.42 Å². The minimum absolute atomic E-state index is 0.154. The quantitative estimate of drug-likeness (QED) is 0.905. The molecule has 1 aliphatic rings. The summed E-state index contributed by atoms with van der Waals surface area (Å²) in [6.07, 6.45) is 8.50. The highest BCUT2D eigenvalue weighted by molar-refractivity contribution is 5.79. The molecule has 0 aliphatic heterocycles. The zero-order chi connectivity index (χ0) is 13.1. The molecule has 0 unspecified atom stereocenters. The standard InChI is InChI=1S/C14H16N4O/c19-14(11-4-1-5-11)16-10-12-6-2-7-15-13(12)18-9-3-8-17-18/h2-3,6-9,11H,1,4-5,10H2,(H,16,19). The molecule has 0 spiro atoms. The van der Waals surface area contributed by atoms with Crippen molar-refractivity contribution in [3.05, 3.63) is 42.4 Å². The van der Waals surface area contributed by atoms with Gasteiger partial charge in [0.05, 0.1) is 0 Å². The van der Waals surface area contributed by atoms with E-state index in [2.05, 4.69) is 15.4 Å². The van der Waals surface area contributed by atoms with Crippen molar-refractivity contribution in [2.75, 3.05) is 0 Å². The van der Waals surface area contributed by atoms with Crippen LogP contribution < -0.4 is 5.32 Å². The number of nitrogens with zero attached hydrogens (tertiary/aromatic N) is 3. The predicted octanol–water partition coefficient (Wildman–Crippen LogP) is 1.68. The zero-order valence-corrected chi connectivity index (χ0v) is 10.6. The SMILES string of the molecule is O=C(NCc1cccnc1-n1cccn1)C1CCC1. The first-order chi connectivity index (χ1) is 9.34. The van der Waals surface area contributed by atoms with Crippen LogP contribution in [0.15, 0.2) is 36.8 Å². The Kier molecular flexibility index (Phi) is 3.27. The lowest BCUT2D eigenvalue weighted by molar-refractivity contribution is -0.127. The largest absolute Gasteiger partial charge is 0.352 e. The van der Waals surface area contributed by atoms with Crippen LogP contribution in [-0.2, 0) is 11.3 Å². The number of rotatable bonds is 4. The molecule has 5 nitrogen and oxygen atoms in total. The van der Waals surface area contributed by atoms with Gasteiger partial charge in [0.15, 0.2) is 5.82 Å². The summed E-state index contributed by atoms with van der Waals surface area (Å²) in [6.45, 7) is 0.498. The van der Waals surface area contributed by atoms with E-state index in [1.54, 1.807) is 17.1 Å². The number of amides is 1. The fraction of sp³-hybridized carbons (Fsp3) is 0.357. The topological polar surface area (TPSA) is 59.8 Å². The zero-order valence-electron chi connectivity index (χ0n) is 10.6. The van der Waals surface area contributed by atoms with Gasteiger partial charge in [-0.05, 0) is 25.0 Å². The van der Waals surface area contributed by atoms with Crippen molar-refractivity contribution in [2.45, 2.75) is 25.8 Å². The van der Waals surface area contributed by atoms with Gasteiger partial charge in [-0.3, -0.25) is 4.79 Å². The minimum atomic E-state index is 0.154. The Morgan fingerprint density at radius 1 is 1.37 bits per heavy atom. The molecule has 1 N–H and O–H groups in total. The molecule has 2 aromatic heterocycles. The fourth-order valence-electron chi connectivity index (χ4n) is 2.17. The number of hydrogen-bond acceptors (Lipinski definition) is 3. The molecule has 0 radical (unpaired) electrons. The molecule has 0 bridgehead atoms. The first-order valence-electron chi connectivity index (χ1n) is 6.56. The van der Waals surface area contributed by atoms with Crippen LogP contribution in [-0.4, -0.2) is 20.7 Å². The number of nitrogens with one attached hydrogen (secondary N) is 1. The van der Waals surface area contributed by atoms with E-state index in [0.717, 1.165) is 24.2 Å². The highest BCUT2D eigenvalue weighted by atomic mass is 16.1. The van der Waals surface area contributed by atoms with Gasteiger partial charge in [0.1, 0.15) is 0 Å². The fourth-order valence-corrected chi connectivity index (χ4v) is 2.17. The molecule has 0 aromatic carbocycles. The van der Waals surface area contributed by atoms with Crippen molar-refractivity contribution in [1.82, 2.24) is 20.1 Å². The van der Waals surface area contributed by atoms with E-state index in [4.69, 9.17) is 0 Å². The highest BCUT2D eigenvalue weighted by Crippen LogP contribution is 2.26. The maximum Gasteiger partial charge on any atom is 0.223 e. The Labute approximate surface area is 111 Å². The average molecular weight is 256 g/mol. The molecule has 98 valence electrons. The second-order valence-corrected chi connectivity index (χ2v) is 4.78. The van der Waals surface area contributed by atoms with E-state index in [0.29, 0.717) is 6.54 Å². The summed E-state index contributed by atoms with van der Waals surface area (Å²) in [4.78, 5) is 16.2. The van der Waals surface area contributed by atoms with Crippen molar-refractivity contribution in [2.24, 2.45) is 5.92 Å². The predicted molar refractivity (Wildman–Crippen MR) is 70.5 cm³/mol. The first kappa shape index (κ1) is 11.9. The van der Waals surface area contributed by atoms with E-state index in [9.17, 15) is 4.79 Å². The van der Waals surface area contributed by atoms with Gasteiger partial charge in [-0.2, -0.15) is 5.10 Å². The van der Waals surface area contributed by atoms with Gasteiger partial charge in [-0.15, -0.1) is 0 Å². The Morgan fingerprint density at radius 2 is 2.26 bits per heavy atom. The van der Waals surface area contributed by atoms with Crippen LogP contribution in [0.1, 0.15) is 24.8 Å². The van der Waals surface area contributed by atoms with Crippen molar-refractivity contribution >= 4 is 5.91 Å². The van der Waals surface area contributed by atoms with Gasteiger partial charge >= 0.3 is 0 Å². The number of carbonyl (C=O) groups is 1. The van der Waals surface area contributed by atoms with Gasteiger partial charge < -0.3 is 5.32 Å². The van der Waals surface area contributed by atoms with Crippen molar-refractivity contribution < 1.29 is 4.79 Å². The highest BCUT2D eigenvalue weighted by Gasteiger charge is 2.24. The Hall–Kier alpha value is -2.17. The van der Waals surface area contributed by atoms with Crippen LogP contribution >= 0.6 is 0 Å². The molecule has 2 aromatic rings. The molecule has 1 aliphatic carbocycles. The summed E-state index contributed by atoms with van der Waals surface area (Å²) in [6, 6.07) is 5.69. The average Bonchev–Trinajstić information content (AvgIpc) is 2.88. The van der Waals surface area contributed by atoms with E-state index in [-0.39, 0.29) is 11.8 Å². The van der Waals surface area contributed by atoms with Crippen LogP contribution in [0, 0.1) is 5.92 Å². The van der Waals surface area contributed by atoms with Gasteiger partial charge in [-0.25, -0.2) is 9.67 Å². The smallest absolute Gasteiger partial charge is 0.223 e. The number of pyridine rings is 1. The summed E-state index contributed by atoms with van der Waals surface area (Å²) in [5.41, 5.74) is 0.971. The molecule has 19 heavy (non-hydrogen) atoms. The molecule has 5 heteroatoms. The first-order valence-corrected chi connectivity index (χ1v) is 6.56. The van der Waals surface area contributed by atoms with Gasteiger partial charge in [0, 0.05) is 36.6 Å². The molecule has 1 fully saturated rings. The van der Waals surface area contributed by atoms with E-state index >= 15 is 0 Å². The lowest BCUT2D eigenvalue weighted by Gasteiger charge is -2.24. The summed E-state index contributed by atoms with van der Waals surface area (Å²) >= 11 is 0. The van der Waals surface area contributed by atoms with Crippen LogP contribution in [0.25, 0.3) is 5.82 Å².